The number of carboxylic acid groups (broad SMARTS) is 2. The van der Waals surface area contributed by atoms with Crippen LogP contribution in [0.15, 0.2) is 54.6 Å². The van der Waals surface area contributed by atoms with Gasteiger partial charge in [0.15, 0.2) is 35.2 Å². The smallest absolute Gasteiger partial charge is 0.335 e. The zero-order valence-corrected chi connectivity index (χ0v) is 47.0. The summed E-state index contributed by atoms with van der Waals surface area (Å²) in [6.07, 6.45) is -7.18. The first-order valence-corrected chi connectivity index (χ1v) is 24.5. The first-order valence-electron chi connectivity index (χ1n) is 24.5. The Balaban J connectivity index is 0.000000305. The van der Waals surface area contributed by atoms with Crippen LogP contribution in [0.4, 0.5) is 0 Å². The van der Waals surface area contributed by atoms with E-state index in [9.17, 15) is 55.5 Å². The average molecular weight is 1170 g/mol. The van der Waals surface area contributed by atoms with Crippen molar-refractivity contribution >= 4 is 11.9 Å². The van der Waals surface area contributed by atoms with E-state index in [1.807, 2.05) is 42.5 Å². The number of aliphatic carboxylic acids is 2. The summed E-state index contributed by atoms with van der Waals surface area (Å²) in [5.74, 6) is -1.24. The normalized spacial score (nSPS) is 31.5. The Morgan fingerprint density at radius 1 is 0.616 bits per heavy atom. The maximum Gasteiger partial charge on any atom is 0.335 e. The number of hydrogen-bond acceptors (Lipinski definition) is 16. The largest absolute Gasteiger partial charge is 0.504 e. The number of aromatic hydroxyl groups is 1. The van der Waals surface area contributed by atoms with Gasteiger partial charge in [0.25, 0.3) is 0 Å². The molecule has 2 radical (unpaired) electrons. The molecule has 0 amide bonds. The predicted octanol–water partition coefficient (Wildman–Crippen LogP) is 3.46. The number of nitrogens with zero attached hydrogens (tertiary/aromatic N) is 2. The van der Waals surface area contributed by atoms with Gasteiger partial charge in [0.2, 0.25) is 12.6 Å². The molecule has 3 aromatic carbocycles. The van der Waals surface area contributed by atoms with Crippen LogP contribution < -0.4 is 14.2 Å². The van der Waals surface area contributed by atoms with Crippen LogP contribution in [0.5, 0.6) is 23.0 Å². The van der Waals surface area contributed by atoms with Crippen molar-refractivity contribution in [1.82, 2.24) is 9.80 Å². The molecule has 0 saturated carbocycles. The van der Waals surface area contributed by atoms with Gasteiger partial charge in [-0.05, 0) is 131 Å². The fraction of sp³-hybridized carbons (Fsp3) is 0.604. The van der Waals surface area contributed by atoms with Gasteiger partial charge < -0.3 is 77.1 Å². The number of piperidine rings is 2. The topological polar surface area (TPSA) is 269 Å². The van der Waals surface area contributed by atoms with Crippen LogP contribution in [0.2, 0.25) is 0 Å². The summed E-state index contributed by atoms with van der Waals surface area (Å²) in [5, 5.41) is 90.6. The molecule has 73 heavy (non-hydrogen) atoms. The van der Waals surface area contributed by atoms with E-state index in [0.29, 0.717) is 48.4 Å². The van der Waals surface area contributed by atoms with E-state index >= 15 is 0 Å². The number of likely N-dealkylation sites (tertiary alicyclic amines) is 2. The number of ether oxygens (including phenoxy) is 5. The number of fused-ring (bicyclic) bond motifs is 4. The van der Waals surface area contributed by atoms with E-state index in [2.05, 4.69) is 29.7 Å². The van der Waals surface area contributed by atoms with Gasteiger partial charge in [-0.15, -0.1) is 0 Å². The number of carbonyl (C=O) groups is 2. The molecule has 0 unspecified atom stereocenters. The fourth-order valence-electron chi connectivity index (χ4n) is 11.4. The quantitative estimate of drug-likeness (QED) is 0.111. The number of aliphatic hydroxyl groups excluding tert-OH is 6. The van der Waals surface area contributed by atoms with Crippen LogP contribution in [0.3, 0.4) is 0 Å². The molecule has 4 heterocycles. The second-order valence-electron chi connectivity index (χ2n) is 19.4. The summed E-state index contributed by atoms with van der Waals surface area (Å²) in [7, 11) is 0. The van der Waals surface area contributed by atoms with E-state index in [-0.39, 0.29) is 91.8 Å². The van der Waals surface area contributed by atoms with Crippen LogP contribution in [-0.2, 0) is 117 Å². The van der Waals surface area contributed by atoms with E-state index < -0.39 is 73.4 Å². The summed E-state index contributed by atoms with van der Waals surface area (Å²) in [4.78, 5) is 28.1. The van der Waals surface area contributed by atoms with E-state index in [1.54, 1.807) is 0 Å². The Hall–Kier alpha value is -2.39. The Morgan fingerprint density at radius 2 is 1.07 bits per heavy atom. The van der Waals surface area contributed by atoms with Crippen molar-refractivity contribution in [2.75, 3.05) is 26.2 Å². The van der Waals surface area contributed by atoms with Gasteiger partial charge in [-0.25, -0.2) is 9.59 Å². The second kappa shape index (κ2) is 28.3. The van der Waals surface area contributed by atoms with Gasteiger partial charge in [0.1, 0.15) is 43.2 Å². The van der Waals surface area contributed by atoms with Crippen LogP contribution in [0.1, 0.15) is 87.6 Å². The third kappa shape index (κ3) is 14.0. The average Bonchev–Trinajstić information content (AvgIpc) is 3.34. The van der Waals surface area contributed by atoms with E-state index in [1.165, 1.54) is 6.07 Å². The van der Waals surface area contributed by atoms with Crippen molar-refractivity contribution in [2.45, 2.75) is 166 Å². The van der Waals surface area contributed by atoms with E-state index in [4.69, 9.17) is 23.7 Å². The van der Waals surface area contributed by atoms with Gasteiger partial charge in [0, 0.05) is 88.6 Å². The maximum absolute atomic E-state index is 11.7. The fourth-order valence-corrected chi connectivity index (χ4v) is 11.4. The Kier molecular flexibility index (Phi) is 24.5. The third-order valence-electron chi connectivity index (χ3n) is 14.9. The van der Waals surface area contributed by atoms with Crippen molar-refractivity contribution in [3.8, 4) is 23.0 Å². The molecule has 20 heteroatoms. The van der Waals surface area contributed by atoms with Gasteiger partial charge >= 0.3 is 11.9 Å². The van der Waals surface area contributed by atoms with Gasteiger partial charge in [-0.1, -0.05) is 63.7 Å². The number of phenolic OH excluding ortho intramolecular Hbond substituents is 1. The number of carboxylic acids is 2. The number of rotatable bonds is 13. The minimum absolute atomic E-state index is 0. The molecule has 0 bridgehead atoms. The first kappa shape index (κ1) is 63.1. The molecule has 9 N–H and O–H groups in total. The van der Waals surface area contributed by atoms with Crippen LogP contribution in [0.25, 0.3) is 0 Å². The molecule has 4 fully saturated rings. The third-order valence-corrected chi connectivity index (χ3v) is 14.9. The van der Waals surface area contributed by atoms with Crippen molar-refractivity contribution in [1.29, 1.82) is 0 Å². The molecule has 4 aliphatic heterocycles. The summed E-state index contributed by atoms with van der Waals surface area (Å²) in [6.45, 7) is 8.98. The summed E-state index contributed by atoms with van der Waals surface area (Å²) in [6, 6.07) is 17.9. The SMILES string of the molecule is C.CCCN1CCC[C@@H]2Cc3c(ccc(O)c3O[C@@H]3O[C@H](C(=O)O)[C@@H](O)[C@H](O)[C@H]3O)C[C@H]21.CCCN1CCC[C@@H]2Cc3c(ccc(OCc4ccccc4)c3O[C@@H]3O[C@H](C(=O)O)[C@@H](O)[C@H](O)[C@H]3O)C[C@H]21.[CH3-].[Y].[Y]. The molecule has 18 nitrogen and oxygen atoms in total. The van der Waals surface area contributed by atoms with Crippen molar-refractivity contribution < 1.29 is 145 Å². The Morgan fingerprint density at radius 3 is 1.53 bits per heavy atom. The van der Waals surface area contributed by atoms with Crippen LogP contribution >= 0.6 is 0 Å². The number of phenols is 1. The Bertz CT molecular complexity index is 2240. The zero-order valence-electron chi connectivity index (χ0n) is 41.3. The molecule has 0 spiro atoms. The molecule has 2 aliphatic carbocycles. The molecule has 3 aromatic rings. The number of aliphatic hydroxyl groups is 6. The second-order valence-corrected chi connectivity index (χ2v) is 19.4. The maximum atomic E-state index is 11.7. The van der Waals surface area contributed by atoms with Crippen molar-refractivity contribution in [3.05, 3.63) is 89.8 Å². The molecule has 400 valence electrons. The van der Waals surface area contributed by atoms with Crippen molar-refractivity contribution in [2.24, 2.45) is 11.8 Å². The first-order chi connectivity index (χ1) is 33.2. The molecule has 0 aromatic heterocycles. The molecule has 14 atom stereocenters. The molecular weight excluding hydrogens is 1100 g/mol. The van der Waals surface area contributed by atoms with Crippen LogP contribution in [0, 0.1) is 19.3 Å². The summed E-state index contributed by atoms with van der Waals surface area (Å²) < 4.78 is 28.9. The minimum atomic E-state index is -1.79. The predicted molar refractivity (Wildman–Crippen MR) is 260 cm³/mol. The molecule has 6 aliphatic rings. The van der Waals surface area contributed by atoms with Gasteiger partial charge in [-0.3, -0.25) is 9.80 Å². The molecule has 4 saturated heterocycles. The van der Waals surface area contributed by atoms with Crippen LogP contribution in [-0.4, -0.2) is 167 Å². The van der Waals surface area contributed by atoms with Gasteiger partial charge in [-0.2, -0.15) is 0 Å². The number of benzene rings is 3. The van der Waals surface area contributed by atoms with Gasteiger partial charge in [0.05, 0.1) is 0 Å². The van der Waals surface area contributed by atoms with Crippen molar-refractivity contribution in [3.63, 3.8) is 0 Å². The molecule has 9 rings (SSSR count). The zero-order chi connectivity index (χ0) is 49.1. The summed E-state index contributed by atoms with van der Waals surface area (Å²) in [5.41, 5.74) is 4.91. The summed E-state index contributed by atoms with van der Waals surface area (Å²) >= 11 is 0. The minimum Gasteiger partial charge on any atom is -0.504 e. The monoisotopic (exact) mass is 1170 g/mol. The standard InChI is InChI=1S/C29H37NO8.C22H31NO8.CH4.CH3.2Y/c1-2-12-30-13-6-9-19-14-20-18(15-21(19)30)10-11-22(36-16-17-7-4-3-5-8-17)26(20)37-29-25(33)23(31)24(32)27(38-29)28(34)35;1-2-7-23-8-3-4-12-9-13-11(10-14(12)23)5-6-15(24)19(13)30-22-18(27)16(25)17(26)20(31-22)21(28)29;;;;/h3-5,7-8,10-11,19,21,23-25,27,29,31-33H,2,6,9,12-16H2,1H3,(H,34,35);5-6,12,14,16-18,20,22,24-27H,2-4,7-10H2,1H3,(H,28,29);1H4;1H3;;/q;;;-1;;/t19-,21-,23+,24+,25-,27+,29-;12-,14-,16+,17+,18-,20+,22-;;;;/m11..../s1. The van der Waals surface area contributed by atoms with E-state index in [0.717, 1.165) is 112 Å². The Labute approximate surface area is 479 Å². The number of hydrogen-bond donors (Lipinski definition) is 9. The molecular formula is C53H75N2O16Y2-.